The molecular formula is C14H14F6O5S. The van der Waals surface area contributed by atoms with Crippen molar-refractivity contribution in [1.29, 1.82) is 0 Å². The Labute approximate surface area is 145 Å². The number of alkyl halides is 6. The summed E-state index contributed by atoms with van der Waals surface area (Å²) in [4.78, 5) is 11.8. The van der Waals surface area contributed by atoms with E-state index in [1.807, 2.05) is 0 Å². The van der Waals surface area contributed by atoms with Gasteiger partial charge < -0.3 is 8.92 Å². The third-order valence-electron chi connectivity index (χ3n) is 2.90. The molecular weight excluding hydrogens is 394 g/mol. The maximum Gasteiger partial charge on any atom is 0.420 e. The van der Waals surface area contributed by atoms with Crippen LogP contribution in [0.25, 0.3) is 0 Å². The van der Waals surface area contributed by atoms with Crippen molar-refractivity contribution in [3.05, 3.63) is 28.8 Å². The van der Waals surface area contributed by atoms with Crippen LogP contribution >= 0.6 is 0 Å². The average Bonchev–Trinajstić information content (AvgIpc) is 2.43. The van der Waals surface area contributed by atoms with E-state index in [4.69, 9.17) is 0 Å². The second-order valence-electron chi connectivity index (χ2n) is 5.17. The normalized spacial score (nSPS) is 12.8. The summed E-state index contributed by atoms with van der Waals surface area (Å²) in [6.45, 7) is 1.54. The van der Waals surface area contributed by atoms with Gasteiger partial charge in [-0.05, 0) is 18.6 Å². The molecule has 0 aliphatic heterocycles. The Kier molecular flexibility index (Phi) is 6.55. The minimum Gasteiger partial charge on any atom is -0.462 e. The van der Waals surface area contributed by atoms with Gasteiger partial charge in [0.05, 0.1) is 18.4 Å². The second kappa shape index (κ2) is 7.72. The molecule has 0 aliphatic rings. The van der Waals surface area contributed by atoms with Crippen molar-refractivity contribution < 1.29 is 48.5 Å². The largest absolute Gasteiger partial charge is 0.462 e. The third kappa shape index (κ3) is 6.07. The summed E-state index contributed by atoms with van der Waals surface area (Å²) in [6, 6.07) is 0.119. The Balaban J connectivity index is 3.62. The summed E-state index contributed by atoms with van der Waals surface area (Å²) in [6.07, 6.45) is -9.60. The Morgan fingerprint density at radius 1 is 1.04 bits per heavy atom. The van der Waals surface area contributed by atoms with Crippen molar-refractivity contribution in [1.82, 2.24) is 0 Å². The number of hydrogen-bond donors (Lipinski definition) is 0. The Hall–Kier alpha value is -1.98. The molecule has 0 radical (unpaired) electrons. The number of rotatable bonds is 6. The van der Waals surface area contributed by atoms with Gasteiger partial charge in [-0.2, -0.15) is 34.8 Å². The highest BCUT2D eigenvalue weighted by Gasteiger charge is 2.44. The van der Waals surface area contributed by atoms with Crippen molar-refractivity contribution in [3.63, 3.8) is 0 Å². The molecule has 26 heavy (non-hydrogen) atoms. The van der Waals surface area contributed by atoms with E-state index in [1.54, 1.807) is 6.92 Å². The molecule has 0 bridgehead atoms. The van der Waals surface area contributed by atoms with Crippen LogP contribution in [0.2, 0.25) is 0 Å². The van der Waals surface area contributed by atoms with Gasteiger partial charge >= 0.3 is 28.4 Å². The van der Waals surface area contributed by atoms with E-state index in [1.165, 1.54) is 0 Å². The topological polar surface area (TPSA) is 69.7 Å². The van der Waals surface area contributed by atoms with Crippen LogP contribution in [0.5, 0.6) is 5.75 Å². The minimum absolute atomic E-state index is 0.0596. The lowest BCUT2D eigenvalue weighted by molar-refractivity contribution is -0.144. The van der Waals surface area contributed by atoms with E-state index in [0.29, 0.717) is 19.1 Å². The number of carbonyl (C=O) groups excluding carboxylic acids is 1. The van der Waals surface area contributed by atoms with Crippen LogP contribution in [0, 0.1) is 0 Å². The maximum absolute atomic E-state index is 13.1. The summed E-state index contributed by atoms with van der Waals surface area (Å²) in [5, 5.41) is 0. The molecule has 0 atom stereocenters. The van der Waals surface area contributed by atoms with Crippen molar-refractivity contribution in [3.8, 4) is 5.75 Å². The van der Waals surface area contributed by atoms with E-state index < -0.39 is 50.9 Å². The molecule has 0 N–H and O–H groups in total. The minimum atomic E-state index is -5.42. The van der Waals surface area contributed by atoms with Crippen LogP contribution in [0.1, 0.15) is 41.3 Å². The molecule has 0 fully saturated rings. The van der Waals surface area contributed by atoms with Crippen LogP contribution in [-0.2, 0) is 27.2 Å². The molecule has 0 amide bonds. The summed E-state index contributed by atoms with van der Waals surface area (Å²) < 4.78 is 110. The van der Waals surface area contributed by atoms with Crippen LogP contribution < -0.4 is 4.18 Å². The molecule has 0 aliphatic carbocycles. The quantitative estimate of drug-likeness (QED) is 0.308. The molecule has 1 rings (SSSR count). The van der Waals surface area contributed by atoms with Crippen LogP contribution in [0.4, 0.5) is 26.3 Å². The van der Waals surface area contributed by atoms with Crippen molar-refractivity contribution in [2.45, 2.75) is 32.1 Å². The highest BCUT2D eigenvalue weighted by atomic mass is 32.2. The third-order valence-corrected chi connectivity index (χ3v) is 3.37. The predicted octanol–water partition coefficient (Wildman–Crippen LogP) is 4.02. The van der Waals surface area contributed by atoms with E-state index in [2.05, 4.69) is 8.92 Å². The summed E-state index contributed by atoms with van der Waals surface area (Å²) in [7, 11) is -4.71. The summed E-state index contributed by atoms with van der Waals surface area (Å²) >= 11 is 0. The van der Waals surface area contributed by atoms with Gasteiger partial charge in [-0.15, -0.1) is 0 Å². The SMILES string of the molecule is CCCCOC(=O)c1cc(C(F)(F)F)c(OS(C)(=O)=O)c(C(F)(F)F)c1. The van der Waals surface area contributed by atoms with Gasteiger partial charge in [-0.25, -0.2) is 4.79 Å². The molecule has 1 aromatic rings. The fourth-order valence-electron chi connectivity index (χ4n) is 1.80. The van der Waals surface area contributed by atoms with Crippen LogP contribution in [0.3, 0.4) is 0 Å². The first-order valence-corrected chi connectivity index (χ1v) is 8.87. The first kappa shape index (κ1) is 22.1. The van der Waals surface area contributed by atoms with Gasteiger partial charge in [0.15, 0.2) is 5.75 Å². The molecule has 148 valence electrons. The van der Waals surface area contributed by atoms with Crippen molar-refractivity contribution in [2.75, 3.05) is 12.9 Å². The van der Waals surface area contributed by atoms with Gasteiger partial charge in [0, 0.05) is 0 Å². The highest BCUT2D eigenvalue weighted by molar-refractivity contribution is 7.86. The monoisotopic (exact) mass is 408 g/mol. The number of carbonyl (C=O) groups is 1. The lowest BCUT2D eigenvalue weighted by Gasteiger charge is -2.19. The average molecular weight is 408 g/mol. The zero-order valence-corrected chi connectivity index (χ0v) is 14.3. The number of ether oxygens (including phenoxy) is 1. The van der Waals surface area contributed by atoms with E-state index in [-0.39, 0.29) is 18.7 Å². The Morgan fingerprint density at radius 2 is 1.50 bits per heavy atom. The molecule has 5 nitrogen and oxygen atoms in total. The van der Waals surface area contributed by atoms with Crippen molar-refractivity contribution >= 4 is 16.1 Å². The van der Waals surface area contributed by atoms with Crippen LogP contribution in [-0.4, -0.2) is 27.2 Å². The summed E-state index contributed by atoms with van der Waals surface area (Å²) in [5.74, 6) is -3.35. The molecule has 0 aromatic heterocycles. The smallest absolute Gasteiger partial charge is 0.420 e. The first-order valence-electron chi connectivity index (χ1n) is 7.05. The van der Waals surface area contributed by atoms with Gasteiger partial charge in [-0.3, -0.25) is 0 Å². The highest BCUT2D eigenvalue weighted by Crippen LogP contribution is 2.45. The van der Waals surface area contributed by atoms with Crippen LogP contribution in [0.15, 0.2) is 12.1 Å². The van der Waals surface area contributed by atoms with E-state index in [0.717, 1.165) is 0 Å². The Bertz CT molecular complexity index is 732. The lowest BCUT2D eigenvalue weighted by Crippen LogP contribution is -2.20. The van der Waals surface area contributed by atoms with E-state index in [9.17, 15) is 39.6 Å². The van der Waals surface area contributed by atoms with Gasteiger partial charge in [-0.1, -0.05) is 13.3 Å². The maximum atomic E-state index is 13.1. The summed E-state index contributed by atoms with van der Waals surface area (Å²) in [5.41, 5.74) is -5.14. The molecule has 0 saturated carbocycles. The molecule has 0 saturated heterocycles. The number of hydrogen-bond acceptors (Lipinski definition) is 5. The second-order valence-corrected chi connectivity index (χ2v) is 6.75. The molecule has 0 heterocycles. The first-order chi connectivity index (χ1) is 11.7. The predicted molar refractivity (Wildman–Crippen MR) is 77.1 cm³/mol. The fourth-order valence-corrected chi connectivity index (χ4v) is 2.28. The van der Waals surface area contributed by atoms with E-state index >= 15 is 0 Å². The van der Waals surface area contributed by atoms with Crippen molar-refractivity contribution in [2.24, 2.45) is 0 Å². The lowest BCUT2D eigenvalue weighted by atomic mass is 10.0. The number of unbranched alkanes of at least 4 members (excludes halogenated alkanes) is 1. The molecule has 1 aromatic carbocycles. The fraction of sp³-hybridized carbons (Fsp3) is 0.500. The van der Waals surface area contributed by atoms with Gasteiger partial charge in [0.1, 0.15) is 11.1 Å². The number of halogens is 6. The molecule has 0 unspecified atom stereocenters. The zero-order chi connectivity index (χ0) is 20.3. The number of benzene rings is 1. The number of esters is 1. The van der Waals surface area contributed by atoms with Gasteiger partial charge in [0.2, 0.25) is 0 Å². The standard InChI is InChI=1S/C14H14F6O5S/c1-3-4-5-24-12(21)8-6-9(13(15,16)17)11(25-26(2,22)23)10(7-8)14(18,19)20/h6-7H,3-5H2,1-2H3. The Morgan fingerprint density at radius 3 is 1.85 bits per heavy atom. The van der Waals surface area contributed by atoms with Gasteiger partial charge in [0.25, 0.3) is 0 Å². The molecule has 12 heteroatoms. The molecule has 0 spiro atoms. The zero-order valence-electron chi connectivity index (χ0n) is 13.5.